The van der Waals surface area contributed by atoms with E-state index >= 15 is 0 Å². The van der Waals surface area contributed by atoms with Crippen molar-refractivity contribution in [1.29, 1.82) is 0 Å². The smallest absolute Gasteiger partial charge is 0.358 e. The molecule has 0 aliphatic heterocycles. The second-order valence-electron chi connectivity index (χ2n) is 2.84. The number of pyridine rings is 1. The van der Waals surface area contributed by atoms with Gasteiger partial charge in [0, 0.05) is 11.3 Å². The molecule has 0 fully saturated rings. The first-order valence-corrected chi connectivity index (χ1v) is 6.24. The summed E-state index contributed by atoms with van der Waals surface area (Å²) in [7, 11) is 3.29. The molecule has 1 rings (SSSR count). The van der Waals surface area contributed by atoms with Gasteiger partial charge in [0.25, 0.3) is 0 Å². The van der Waals surface area contributed by atoms with Crippen LogP contribution in [0.5, 0.6) is 0 Å². The quantitative estimate of drug-likeness (QED) is 0.452. The third kappa shape index (κ3) is 3.55. The van der Waals surface area contributed by atoms with Crippen molar-refractivity contribution in [2.24, 2.45) is 0 Å². The Morgan fingerprint density at radius 1 is 1.50 bits per heavy atom. The SMILES string of the molecule is CC(C)SSc1ccc([N+](=O)[O-])nc1. The standard InChI is InChI=1S/C8H10N2O2S2/c1-6(2)13-14-7-3-4-8(9-5-7)10(11)12/h3-6H,1-2H3. The number of nitro groups is 1. The molecule has 0 atom stereocenters. The summed E-state index contributed by atoms with van der Waals surface area (Å²) in [6.45, 7) is 4.19. The average molecular weight is 230 g/mol. The van der Waals surface area contributed by atoms with Crippen LogP contribution >= 0.6 is 21.6 Å². The highest BCUT2D eigenvalue weighted by Crippen LogP contribution is 2.33. The maximum atomic E-state index is 10.3. The Morgan fingerprint density at radius 3 is 2.64 bits per heavy atom. The molecule has 1 heterocycles. The molecule has 6 heteroatoms. The van der Waals surface area contributed by atoms with Crippen LogP contribution in [0.2, 0.25) is 0 Å². The van der Waals surface area contributed by atoms with Crippen LogP contribution in [-0.2, 0) is 0 Å². The van der Waals surface area contributed by atoms with E-state index in [1.54, 1.807) is 27.7 Å². The van der Waals surface area contributed by atoms with Gasteiger partial charge >= 0.3 is 5.82 Å². The van der Waals surface area contributed by atoms with Gasteiger partial charge in [-0.3, -0.25) is 0 Å². The molecule has 1 aromatic rings. The first-order chi connectivity index (χ1) is 6.59. The van der Waals surface area contributed by atoms with Crippen molar-refractivity contribution >= 4 is 27.4 Å². The maximum absolute atomic E-state index is 10.3. The summed E-state index contributed by atoms with van der Waals surface area (Å²) < 4.78 is 0. The largest absolute Gasteiger partial charge is 0.363 e. The van der Waals surface area contributed by atoms with Gasteiger partial charge in [-0.25, -0.2) is 0 Å². The fourth-order valence-corrected chi connectivity index (χ4v) is 2.41. The molecule has 0 spiro atoms. The molecule has 0 amide bonds. The van der Waals surface area contributed by atoms with Crippen molar-refractivity contribution in [3.8, 4) is 0 Å². The Balaban J connectivity index is 2.60. The van der Waals surface area contributed by atoms with Crippen LogP contribution in [-0.4, -0.2) is 15.2 Å². The predicted molar refractivity (Wildman–Crippen MR) is 59.5 cm³/mol. The predicted octanol–water partition coefficient (Wildman–Crippen LogP) is 3.14. The van der Waals surface area contributed by atoms with Crippen molar-refractivity contribution in [3.63, 3.8) is 0 Å². The number of hydrogen-bond donors (Lipinski definition) is 0. The van der Waals surface area contributed by atoms with E-state index in [0.29, 0.717) is 5.25 Å². The second-order valence-corrected chi connectivity index (χ2v) is 5.69. The van der Waals surface area contributed by atoms with Gasteiger partial charge in [0.15, 0.2) is 6.20 Å². The van der Waals surface area contributed by atoms with Crippen LogP contribution in [0.1, 0.15) is 13.8 Å². The van der Waals surface area contributed by atoms with E-state index in [-0.39, 0.29) is 5.82 Å². The lowest BCUT2D eigenvalue weighted by Crippen LogP contribution is -1.90. The molecular formula is C8H10N2O2S2. The second kappa shape index (κ2) is 5.21. The summed E-state index contributed by atoms with van der Waals surface area (Å²) in [4.78, 5) is 14.5. The Bertz CT molecular complexity index is 314. The zero-order chi connectivity index (χ0) is 10.6. The minimum absolute atomic E-state index is 0.108. The molecule has 0 N–H and O–H groups in total. The van der Waals surface area contributed by atoms with Crippen LogP contribution in [0.25, 0.3) is 0 Å². The minimum Gasteiger partial charge on any atom is -0.358 e. The molecule has 0 bridgehead atoms. The van der Waals surface area contributed by atoms with Gasteiger partial charge in [-0.05, 0) is 16.0 Å². The Hall–Kier alpha value is -0.750. The van der Waals surface area contributed by atoms with E-state index in [2.05, 4.69) is 18.8 Å². The normalized spacial score (nSPS) is 10.5. The van der Waals surface area contributed by atoms with Crippen LogP contribution < -0.4 is 0 Å². The van der Waals surface area contributed by atoms with Crippen molar-refractivity contribution in [2.45, 2.75) is 24.0 Å². The monoisotopic (exact) mass is 230 g/mol. The molecule has 0 aromatic carbocycles. The molecule has 0 radical (unpaired) electrons. The van der Waals surface area contributed by atoms with Crippen LogP contribution in [0.15, 0.2) is 23.2 Å². The first kappa shape index (κ1) is 11.3. The molecule has 1 aromatic heterocycles. The van der Waals surface area contributed by atoms with Gasteiger partial charge in [-0.1, -0.05) is 35.4 Å². The number of aromatic nitrogens is 1. The molecule has 0 aliphatic carbocycles. The van der Waals surface area contributed by atoms with Crippen molar-refractivity contribution < 1.29 is 4.92 Å². The Labute approximate surface area is 90.0 Å². The topological polar surface area (TPSA) is 56.0 Å². The third-order valence-corrected chi connectivity index (χ3v) is 4.18. The van der Waals surface area contributed by atoms with E-state index in [1.165, 1.54) is 12.3 Å². The molecular weight excluding hydrogens is 220 g/mol. The molecule has 0 saturated heterocycles. The Kier molecular flexibility index (Phi) is 4.21. The van der Waals surface area contributed by atoms with Crippen molar-refractivity contribution in [3.05, 3.63) is 28.4 Å². The zero-order valence-corrected chi connectivity index (χ0v) is 9.47. The zero-order valence-electron chi connectivity index (χ0n) is 7.84. The molecule has 76 valence electrons. The van der Waals surface area contributed by atoms with Gasteiger partial charge in [-0.2, -0.15) is 0 Å². The summed E-state index contributed by atoms with van der Waals surface area (Å²) in [5, 5.41) is 10.8. The van der Waals surface area contributed by atoms with E-state index in [9.17, 15) is 10.1 Å². The highest BCUT2D eigenvalue weighted by atomic mass is 33.1. The summed E-state index contributed by atoms with van der Waals surface area (Å²) in [6.07, 6.45) is 1.53. The molecule has 0 saturated carbocycles. The van der Waals surface area contributed by atoms with E-state index < -0.39 is 4.92 Å². The fourth-order valence-electron chi connectivity index (χ4n) is 0.682. The van der Waals surface area contributed by atoms with Crippen molar-refractivity contribution in [1.82, 2.24) is 4.98 Å². The van der Waals surface area contributed by atoms with E-state index in [0.717, 1.165) is 4.90 Å². The van der Waals surface area contributed by atoms with Gasteiger partial charge < -0.3 is 10.1 Å². The third-order valence-electron chi connectivity index (χ3n) is 1.24. The maximum Gasteiger partial charge on any atom is 0.363 e. The highest BCUT2D eigenvalue weighted by molar-refractivity contribution is 8.76. The summed E-state index contributed by atoms with van der Waals surface area (Å²) in [5.74, 6) is -0.108. The van der Waals surface area contributed by atoms with Gasteiger partial charge in [-0.15, -0.1) is 0 Å². The van der Waals surface area contributed by atoms with Crippen LogP contribution in [0, 0.1) is 10.1 Å². The minimum atomic E-state index is -0.496. The summed E-state index contributed by atoms with van der Waals surface area (Å²) in [5.41, 5.74) is 0. The van der Waals surface area contributed by atoms with Gasteiger partial charge in [0.05, 0.1) is 4.90 Å². The summed E-state index contributed by atoms with van der Waals surface area (Å²) >= 11 is 0. The number of nitrogens with zero attached hydrogens (tertiary/aromatic N) is 2. The molecule has 14 heavy (non-hydrogen) atoms. The van der Waals surface area contributed by atoms with Gasteiger partial charge in [0.2, 0.25) is 0 Å². The van der Waals surface area contributed by atoms with Crippen molar-refractivity contribution in [2.75, 3.05) is 0 Å². The highest BCUT2D eigenvalue weighted by Gasteiger charge is 2.07. The molecule has 4 nitrogen and oxygen atoms in total. The van der Waals surface area contributed by atoms with E-state index in [1.807, 2.05) is 0 Å². The molecule has 0 aliphatic rings. The first-order valence-electron chi connectivity index (χ1n) is 4.03. The number of rotatable bonds is 4. The average Bonchev–Trinajstić information content (AvgIpc) is 2.15. The van der Waals surface area contributed by atoms with E-state index in [4.69, 9.17) is 0 Å². The Morgan fingerprint density at radius 2 is 2.21 bits per heavy atom. The van der Waals surface area contributed by atoms with Crippen LogP contribution in [0.3, 0.4) is 0 Å². The fraction of sp³-hybridized carbons (Fsp3) is 0.375. The van der Waals surface area contributed by atoms with Gasteiger partial charge in [0.1, 0.15) is 0 Å². The lowest BCUT2D eigenvalue weighted by atomic mass is 10.5. The lowest BCUT2D eigenvalue weighted by Gasteiger charge is -2.01. The number of hydrogen-bond acceptors (Lipinski definition) is 5. The van der Waals surface area contributed by atoms with Crippen LogP contribution in [0.4, 0.5) is 5.82 Å². The lowest BCUT2D eigenvalue weighted by molar-refractivity contribution is -0.389. The summed E-state index contributed by atoms with van der Waals surface area (Å²) in [6, 6.07) is 3.13. The molecule has 0 unspecified atom stereocenters.